The molecule has 1 fully saturated rings. The number of anilines is 1. The van der Waals surface area contributed by atoms with Gasteiger partial charge in [-0.15, -0.1) is 10.2 Å². The third-order valence-corrected chi connectivity index (χ3v) is 3.98. The predicted molar refractivity (Wildman–Crippen MR) is 84.3 cm³/mol. The van der Waals surface area contributed by atoms with Crippen LogP contribution >= 0.6 is 0 Å². The molecule has 1 aliphatic rings. The first-order valence-corrected chi connectivity index (χ1v) is 7.93. The smallest absolute Gasteiger partial charge is 0.274 e. The molecule has 1 aromatic rings. The van der Waals surface area contributed by atoms with Crippen molar-refractivity contribution in [2.45, 2.75) is 40.0 Å². The van der Waals surface area contributed by atoms with Gasteiger partial charge in [-0.3, -0.25) is 4.79 Å². The Morgan fingerprint density at radius 3 is 2.62 bits per heavy atom. The maximum absolute atomic E-state index is 12.3. The van der Waals surface area contributed by atoms with Gasteiger partial charge in [0, 0.05) is 19.6 Å². The highest BCUT2D eigenvalue weighted by molar-refractivity contribution is 5.92. The Kier molecular flexibility index (Phi) is 5.53. The fourth-order valence-corrected chi connectivity index (χ4v) is 2.40. The number of hydrogen-bond donors (Lipinski definition) is 1. The largest absolute Gasteiger partial charge is 0.369 e. The lowest BCUT2D eigenvalue weighted by Gasteiger charge is -2.29. The lowest BCUT2D eigenvalue weighted by atomic mass is 9.99. The molecule has 1 amide bonds. The molecule has 0 spiro atoms. The van der Waals surface area contributed by atoms with Gasteiger partial charge in [0.2, 0.25) is 0 Å². The SMILES string of the molecule is CC(C)CCNc1ccc(C(=O)N2CCC(C)CC2)nn1. The van der Waals surface area contributed by atoms with Crippen LogP contribution in [0.5, 0.6) is 0 Å². The molecule has 0 aromatic carbocycles. The fraction of sp³-hybridized carbons (Fsp3) is 0.688. The minimum Gasteiger partial charge on any atom is -0.369 e. The third kappa shape index (κ3) is 4.69. The van der Waals surface area contributed by atoms with E-state index in [0.717, 1.165) is 44.7 Å². The van der Waals surface area contributed by atoms with E-state index in [1.54, 1.807) is 6.07 Å². The van der Waals surface area contributed by atoms with Crippen molar-refractivity contribution in [3.63, 3.8) is 0 Å². The number of aromatic nitrogens is 2. The zero-order chi connectivity index (χ0) is 15.2. The minimum absolute atomic E-state index is 0.00290. The van der Waals surface area contributed by atoms with Crippen LogP contribution in [0, 0.1) is 11.8 Å². The monoisotopic (exact) mass is 290 g/mol. The maximum atomic E-state index is 12.3. The van der Waals surface area contributed by atoms with Gasteiger partial charge in [-0.05, 0) is 43.2 Å². The number of amides is 1. The van der Waals surface area contributed by atoms with Gasteiger partial charge in [-0.25, -0.2) is 0 Å². The molecule has 1 aliphatic heterocycles. The van der Waals surface area contributed by atoms with Crippen molar-refractivity contribution in [3.05, 3.63) is 17.8 Å². The van der Waals surface area contributed by atoms with E-state index in [-0.39, 0.29) is 5.91 Å². The highest BCUT2D eigenvalue weighted by atomic mass is 16.2. The van der Waals surface area contributed by atoms with Gasteiger partial charge in [-0.1, -0.05) is 20.8 Å². The Morgan fingerprint density at radius 1 is 1.33 bits per heavy atom. The lowest BCUT2D eigenvalue weighted by Crippen LogP contribution is -2.38. The number of rotatable bonds is 5. The summed E-state index contributed by atoms with van der Waals surface area (Å²) in [5.74, 6) is 2.11. The zero-order valence-electron chi connectivity index (χ0n) is 13.3. The summed E-state index contributed by atoms with van der Waals surface area (Å²) in [7, 11) is 0. The molecule has 21 heavy (non-hydrogen) atoms. The van der Waals surface area contributed by atoms with E-state index in [9.17, 15) is 4.79 Å². The number of nitrogens with zero attached hydrogens (tertiary/aromatic N) is 3. The van der Waals surface area contributed by atoms with E-state index >= 15 is 0 Å². The van der Waals surface area contributed by atoms with Crippen LogP contribution in [0.1, 0.15) is 50.5 Å². The molecule has 2 rings (SSSR count). The minimum atomic E-state index is 0.00290. The van der Waals surface area contributed by atoms with Gasteiger partial charge >= 0.3 is 0 Å². The van der Waals surface area contributed by atoms with E-state index in [1.807, 2.05) is 11.0 Å². The normalized spacial score (nSPS) is 16.3. The van der Waals surface area contributed by atoms with Gasteiger partial charge in [-0.2, -0.15) is 0 Å². The van der Waals surface area contributed by atoms with Crippen LogP contribution in [0.3, 0.4) is 0 Å². The molecule has 0 atom stereocenters. The summed E-state index contributed by atoms with van der Waals surface area (Å²) < 4.78 is 0. The lowest BCUT2D eigenvalue weighted by molar-refractivity contribution is 0.0690. The molecule has 0 unspecified atom stereocenters. The quantitative estimate of drug-likeness (QED) is 0.906. The van der Waals surface area contributed by atoms with Crippen LogP contribution in [-0.4, -0.2) is 40.6 Å². The number of hydrogen-bond acceptors (Lipinski definition) is 4. The van der Waals surface area contributed by atoms with Crippen molar-refractivity contribution < 1.29 is 4.79 Å². The van der Waals surface area contributed by atoms with Crippen molar-refractivity contribution in [3.8, 4) is 0 Å². The maximum Gasteiger partial charge on any atom is 0.274 e. The van der Waals surface area contributed by atoms with E-state index in [4.69, 9.17) is 0 Å². The Labute approximate surface area is 127 Å². The molecule has 5 nitrogen and oxygen atoms in total. The van der Waals surface area contributed by atoms with Crippen molar-refractivity contribution in [1.82, 2.24) is 15.1 Å². The van der Waals surface area contributed by atoms with Gasteiger partial charge in [0.05, 0.1) is 0 Å². The predicted octanol–water partition coefficient (Wildman–Crippen LogP) is 2.81. The first-order valence-electron chi connectivity index (χ1n) is 7.93. The van der Waals surface area contributed by atoms with Crippen LogP contribution in [0.2, 0.25) is 0 Å². The highest BCUT2D eigenvalue weighted by Gasteiger charge is 2.22. The molecule has 1 saturated heterocycles. The third-order valence-electron chi connectivity index (χ3n) is 3.98. The average Bonchev–Trinajstić information content (AvgIpc) is 2.48. The zero-order valence-corrected chi connectivity index (χ0v) is 13.3. The molecule has 1 aromatic heterocycles. The molecule has 116 valence electrons. The standard InChI is InChI=1S/C16H26N4O/c1-12(2)6-9-17-15-5-4-14(18-19-15)16(21)20-10-7-13(3)8-11-20/h4-5,12-13H,6-11H2,1-3H3,(H,17,19). The summed E-state index contributed by atoms with van der Waals surface area (Å²) in [6.07, 6.45) is 3.25. The van der Waals surface area contributed by atoms with E-state index < -0.39 is 0 Å². The number of nitrogens with one attached hydrogen (secondary N) is 1. The molecule has 5 heteroatoms. The van der Waals surface area contributed by atoms with Crippen LogP contribution in [0.15, 0.2) is 12.1 Å². The van der Waals surface area contributed by atoms with Gasteiger partial charge in [0.1, 0.15) is 5.82 Å². The van der Waals surface area contributed by atoms with Crippen LogP contribution in [-0.2, 0) is 0 Å². The number of likely N-dealkylation sites (tertiary alicyclic amines) is 1. The van der Waals surface area contributed by atoms with Gasteiger partial charge < -0.3 is 10.2 Å². The number of carbonyl (C=O) groups is 1. The van der Waals surface area contributed by atoms with Crippen LogP contribution in [0.25, 0.3) is 0 Å². The van der Waals surface area contributed by atoms with Crippen molar-refractivity contribution in [2.75, 3.05) is 25.0 Å². The van der Waals surface area contributed by atoms with Gasteiger partial charge in [0.25, 0.3) is 5.91 Å². The molecule has 2 heterocycles. The Hall–Kier alpha value is -1.65. The first kappa shape index (κ1) is 15.7. The van der Waals surface area contributed by atoms with Crippen molar-refractivity contribution in [1.29, 1.82) is 0 Å². The molecule has 0 saturated carbocycles. The Morgan fingerprint density at radius 2 is 2.05 bits per heavy atom. The van der Waals surface area contributed by atoms with Crippen LogP contribution in [0.4, 0.5) is 5.82 Å². The molecule has 0 aliphatic carbocycles. The summed E-state index contributed by atoms with van der Waals surface area (Å²) in [5.41, 5.74) is 0.443. The molecule has 0 bridgehead atoms. The fourth-order valence-electron chi connectivity index (χ4n) is 2.40. The molecular weight excluding hydrogens is 264 g/mol. The van der Waals surface area contributed by atoms with Crippen molar-refractivity contribution >= 4 is 11.7 Å². The Balaban J connectivity index is 1.87. The van der Waals surface area contributed by atoms with E-state index in [0.29, 0.717) is 17.5 Å². The second kappa shape index (κ2) is 7.38. The number of carbonyl (C=O) groups excluding carboxylic acids is 1. The summed E-state index contributed by atoms with van der Waals surface area (Å²) in [6.45, 7) is 9.15. The van der Waals surface area contributed by atoms with E-state index in [2.05, 4.69) is 36.3 Å². The summed E-state index contributed by atoms with van der Waals surface area (Å²) in [6, 6.07) is 3.61. The summed E-state index contributed by atoms with van der Waals surface area (Å²) in [4.78, 5) is 14.2. The summed E-state index contributed by atoms with van der Waals surface area (Å²) >= 11 is 0. The second-order valence-corrected chi connectivity index (χ2v) is 6.39. The molecular formula is C16H26N4O. The second-order valence-electron chi connectivity index (χ2n) is 6.39. The van der Waals surface area contributed by atoms with Crippen molar-refractivity contribution in [2.24, 2.45) is 11.8 Å². The Bertz CT molecular complexity index is 450. The van der Waals surface area contributed by atoms with E-state index in [1.165, 1.54) is 0 Å². The van der Waals surface area contributed by atoms with Crippen LogP contribution < -0.4 is 5.32 Å². The number of piperidine rings is 1. The molecule has 1 N–H and O–H groups in total. The van der Waals surface area contributed by atoms with Gasteiger partial charge in [0.15, 0.2) is 5.69 Å². The first-order chi connectivity index (χ1) is 10.1. The average molecular weight is 290 g/mol. The topological polar surface area (TPSA) is 58.1 Å². The highest BCUT2D eigenvalue weighted by Crippen LogP contribution is 2.17. The molecule has 0 radical (unpaired) electrons. The summed E-state index contributed by atoms with van der Waals surface area (Å²) in [5, 5.41) is 11.4.